The third kappa shape index (κ3) is 3.37. The summed E-state index contributed by atoms with van der Waals surface area (Å²) in [7, 11) is 0. The third-order valence-corrected chi connectivity index (χ3v) is 3.47. The smallest absolute Gasteiger partial charge is 0.335 e. The second-order valence-corrected chi connectivity index (χ2v) is 7.21. The molecule has 2 nitrogen and oxygen atoms in total. The van der Waals surface area contributed by atoms with Crippen LogP contribution in [0.5, 0.6) is 0 Å². The van der Waals surface area contributed by atoms with Crippen LogP contribution in [-0.2, 0) is 17.3 Å². The molecular weight excluding hydrogens is 236 g/mol. The van der Waals surface area contributed by atoms with E-state index in [0.717, 1.165) is 17.5 Å². The second-order valence-electron chi connectivity index (χ2n) is 7.21. The highest BCUT2D eigenvalue weighted by Crippen LogP contribution is 2.35. The summed E-state index contributed by atoms with van der Waals surface area (Å²) in [6.45, 7) is 15.0. The molecule has 0 heterocycles. The fourth-order valence-electron chi connectivity index (χ4n) is 2.51. The summed E-state index contributed by atoms with van der Waals surface area (Å²) in [6.07, 6.45) is 0.930. The van der Waals surface area contributed by atoms with Crippen molar-refractivity contribution in [2.24, 2.45) is 0 Å². The van der Waals surface area contributed by atoms with E-state index in [9.17, 15) is 9.90 Å². The number of aromatic carboxylic acids is 1. The maximum Gasteiger partial charge on any atom is 0.335 e. The lowest BCUT2D eigenvalue weighted by Crippen LogP contribution is -2.22. The summed E-state index contributed by atoms with van der Waals surface area (Å²) in [5.74, 6) is -0.848. The molecule has 106 valence electrons. The van der Waals surface area contributed by atoms with Crippen LogP contribution >= 0.6 is 0 Å². The Bertz CT molecular complexity index is 450. The Labute approximate surface area is 116 Å². The van der Waals surface area contributed by atoms with E-state index in [0.29, 0.717) is 5.56 Å². The van der Waals surface area contributed by atoms with E-state index in [1.165, 1.54) is 5.56 Å². The normalized spacial score (nSPS) is 12.6. The molecule has 0 saturated heterocycles. The first-order valence-corrected chi connectivity index (χ1v) is 6.89. The minimum absolute atomic E-state index is 0.0448. The van der Waals surface area contributed by atoms with Crippen molar-refractivity contribution in [1.82, 2.24) is 0 Å². The van der Waals surface area contributed by atoms with Gasteiger partial charge < -0.3 is 5.11 Å². The number of benzene rings is 1. The summed E-state index contributed by atoms with van der Waals surface area (Å²) in [6, 6.07) is 3.69. The zero-order chi connectivity index (χ0) is 15.0. The highest BCUT2D eigenvalue weighted by molar-refractivity contribution is 5.88. The van der Waals surface area contributed by atoms with Crippen LogP contribution in [0.1, 0.15) is 75.5 Å². The number of rotatable bonds is 2. The fraction of sp³-hybridized carbons (Fsp3) is 0.588. The first-order chi connectivity index (χ1) is 8.48. The molecule has 19 heavy (non-hydrogen) atoms. The zero-order valence-corrected chi connectivity index (χ0v) is 13.2. The first-order valence-electron chi connectivity index (χ1n) is 6.89. The predicted molar refractivity (Wildman–Crippen MR) is 80.2 cm³/mol. The van der Waals surface area contributed by atoms with E-state index in [1.807, 2.05) is 12.1 Å². The van der Waals surface area contributed by atoms with Gasteiger partial charge >= 0.3 is 5.97 Å². The van der Waals surface area contributed by atoms with Crippen molar-refractivity contribution in [3.05, 3.63) is 34.4 Å². The van der Waals surface area contributed by atoms with Gasteiger partial charge in [-0.2, -0.15) is 0 Å². The monoisotopic (exact) mass is 262 g/mol. The maximum atomic E-state index is 11.4. The number of hydrogen-bond acceptors (Lipinski definition) is 1. The quantitative estimate of drug-likeness (QED) is 0.849. The molecule has 2 heteroatoms. The first kappa shape index (κ1) is 15.7. The summed E-state index contributed by atoms with van der Waals surface area (Å²) in [4.78, 5) is 11.4. The average molecular weight is 262 g/mol. The van der Waals surface area contributed by atoms with E-state index >= 15 is 0 Å². The van der Waals surface area contributed by atoms with E-state index < -0.39 is 5.97 Å². The van der Waals surface area contributed by atoms with Crippen molar-refractivity contribution in [3.8, 4) is 0 Å². The lowest BCUT2D eigenvalue weighted by atomic mass is 9.74. The molecule has 0 bridgehead atoms. The molecule has 0 fully saturated rings. The zero-order valence-electron chi connectivity index (χ0n) is 13.2. The van der Waals surface area contributed by atoms with Gasteiger partial charge in [0.25, 0.3) is 0 Å². The van der Waals surface area contributed by atoms with Gasteiger partial charge in [-0.3, -0.25) is 0 Å². The molecule has 1 rings (SSSR count). The molecule has 0 saturated carbocycles. The van der Waals surface area contributed by atoms with Crippen molar-refractivity contribution in [2.75, 3.05) is 0 Å². The van der Waals surface area contributed by atoms with Gasteiger partial charge in [0.05, 0.1) is 5.56 Å². The van der Waals surface area contributed by atoms with Gasteiger partial charge in [0.1, 0.15) is 0 Å². The molecule has 0 aliphatic rings. The number of carboxylic acid groups (broad SMARTS) is 1. The maximum absolute atomic E-state index is 11.4. The Morgan fingerprint density at radius 1 is 1.00 bits per heavy atom. The molecule has 0 amide bonds. The van der Waals surface area contributed by atoms with Crippen LogP contribution in [0.3, 0.4) is 0 Å². The molecule has 0 aliphatic carbocycles. The molecule has 0 atom stereocenters. The van der Waals surface area contributed by atoms with Crippen LogP contribution in [-0.4, -0.2) is 11.1 Å². The SMILES string of the molecule is CCc1c(C(C)(C)C)cc(C(=O)O)cc1C(C)(C)C. The van der Waals surface area contributed by atoms with Gasteiger partial charge in [-0.1, -0.05) is 48.5 Å². The van der Waals surface area contributed by atoms with Crippen LogP contribution in [0.25, 0.3) is 0 Å². The van der Waals surface area contributed by atoms with Crippen LogP contribution in [0.2, 0.25) is 0 Å². The Hall–Kier alpha value is -1.31. The minimum atomic E-state index is -0.848. The van der Waals surface area contributed by atoms with E-state index in [4.69, 9.17) is 0 Å². The Morgan fingerprint density at radius 2 is 1.37 bits per heavy atom. The summed E-state index contributed by atoms with van der Waals surface area (Å²) >= 11 is 0. The van der Waals surface area contributed by atoms with Gasteiger partial charge in [-0.05, 0) is 46.1 Å². The van der Waals surface area contributed by atoms with Crippen LogP contribution < -0.4 is 0 Å². The summed E-state index contributed by atoms with van der Waals surface area (Å²) < 4.78 is 0. The van der Waals surface area contributed by atoms with Crippen LogP contribution in [0, 0.1) is 0 Å². The third-order valence-electron chi connectivity index (χ3n) is 3.47. The van der Waals surface area contributed by atoms with E-state index in [2.05, 4.69) is 48.5 Å². The van der Waals surface area contributed by atoms with Gasteiger partial charge in [0.2, 0.25) is 0 Å². The topological polar surface area (TPSA) is 37.3 Å². The van der Waals surface area contributed by atoms with Crippen molar-refractivity contribution in [2.45, 2.75) is 65.7 Å². The molecule has 0 radical (unpaired) electrons. The second kappa shape index (κ2) is 4.99. The highest BCUT2D eigenvalue weighted by Gasteiger charge is 2.26. The molecular formula is C17H26O2. The van der Waals surface area contributed by atoms with Gasteiger partial charge in [0, 0.05) is 0 Å². The minimum Gasteiger partial charge on any atom is -0.478 e. The van der Waals surface area contributed by atoms with Gasteiger partial charge in [-0.15, -0.1) is 0 Å². The number of hydrogen-bond donors (Lipinski definition) is 1. The van der Waals surface area contributed by atoms with Crippen LogP contribution in [0.4, 0.5) is 0 Å². The predicted octanol–water partition coefficient (Wildman–Crippen LogP) is 4.54. The summed E-state index contributed by atoms with van der Waals surface area (Å²) in [5, 5.41) is 9.33. The van der Waals surface area contributed by atoms with E-state index in [-0.39, 0.29) is 10.8 Å². The molecule has 0 unspecified atom stereocenters. The van der Waals surface area contributed by atoms with Crippen LogP contribution in [0.15, 0.2) is 12.1 Å². The molecule has 0 aliphatic heterocycles. The lowest BCUT2D eigenvalue weighted by Gasteiger charge is -2.30. The molecule has 0 spiro atoms. The van der Waals surface area contributed by atoms with Crippen molar-refractivity contribution >= 4 is 5.97 Å². The Morgan fingerprint density at radius 3 is 1.58 bits per heavy atom. The van der Waals surface area contributed by atoms with Gasteiger partial charge in [0.15, 0.2) is 0 Å². The highest BCUT2D eigenvalue weighted by atomic mass is 16.4. The lowest BCUT2D eigenvalue weighted by molar-refractivity contribution is 0.0696. The number of carboxylic acids is 1. The molecule has 1 aromatic carbocycles. The number of carbonyl (C=O) groups is 1. The molecule has 1 aromatic rings. The standard InChI is InChI=1S/C17H26O2/c1-8-12-13(16(2,3)4)9-11(15(18)19)10-14(12)17(5,6)7/h9-10H,8H2,1-7H3,(H,18,19). The largest absolute Gasteiger partial charge is 0.478 e. The Balaban J connectivity index is 3.72. The van der Waals surface area contributed by atoms with Gasteiger partial charge in [-0.25, -0.2) is 4.79 Å². The average Bonchev–Trinajstić information content (AvgIpc) is 2.24. The van der Waals surface area contributed by atoms with Crippen molar-refractivity contribution in [3.63, 3.8) is 0 Å². The summed E-state index contributed by atoms with van der Waals surface area (Å²) in [5.41, 5.74) is 3.91. The fourth-order valence-corrected chi connectivity index (χ4v) is 2.51. The van der Waals surface area contributed by atoms with Crippen molar-refractivity contribution in [1.29, 1.82) is 0 Å². The molecule has 1 N–H and O–H groups in total. The van der Waals surface area contributed by atoms with Crippen molar-refractivity contribution < 1.29 is 9.90 Å². The van der Waals surface area contributed by atoms with E-state index in [1.54, 1.807) is 0 Å². The molecule has 0 aromatic heterocycles. The Kier molecular flexibility index (Phi) is 4.14.